The second kappa shape index (κ2) is 9.33. The van der Waals surface area contributed by atoms with Gasteiger partial charge in [-0.25, -0.2) is 13.8 Å². The molecule has 1 amide bonds. The van der Waals surface area contributed by atoms with E-state index in [0.29, 0.717) is 35.6 Å². The van der Waals surface area contributed by atoms with E-state index in [1.807, 2.05) is 11.0 Å². The van der Waals surface area contributed by atoms with E-state index in [1.165, 1.54) is 27.1 Å². The molecule has 4 aromatic rings. The molecule has 2 aromatic carbocycles. The van der Waals surface area contributed by atoms with Gasteiger partial charge in [0, 0.05) is 24.4 Å². The number of hydrogen-bond donors (Lipinski definition) is 0. The molecule has 0 N–H and O–H groups in total. The fourth-order valence-corrected chi connectivity index (χ4v) is 5.20. The number of nitrogens with zero attached hydrogens (tertiary/aromatic N) is 5. The van der Waals surface area contributed by atoms with Crippen LogP contribution < -0.4 is 5.56 Å². The summed E-state index contributed by atoms with van der Waals surface area (Å²) in [6.07, 6.45) is 6.60. The third-order valence-electron chi connectivity index (χ3n) is 7.37. The Bertz CT molecular complexity index is 1450. The van der Waals surface area contributed by atoms with Gasteiger partial charge in [-0.1, -0.05) is 30.3 Å². The van der Waals surface area contributed by atoms with E-state index in [0.717, 1.165) is 37.8 Å². The van der Waals surface area contributed by atoms with Gasteiger partial charge < -0.3 is 4.90 Å². The number of rotatable bonds is 6. The lowest BCUT2D eigenvalue weighted by Gasteiger charge is -2.32. The number of hydrogen-bond acceptors (Lipinski definition) is 4. The lowest BCUT2D eigenvalue weighted by molar-refractivity contribution is -0.133. The molecule has 2 aliphatic rings. The smallest absolute Gasteiger partial charge is 0.293 e. The SMILES string of the molecule is O=C(Cn1nc(C2CC2)c2cnn(-c3ccc(F)cc3)c2c1=O)N1CCC(Cc2ccccc2)CC1. The van der Waals surface area contributed by atoms with Crippen molar-refractivity contribution >= 4 is 16.8 Å². The molecule has 36 heavy (non-hydrogen) atoms. The van der Waals surface area contributed by atoms with Crippen LogP contribution in [0.25, 0.3) is 16.6 Å². The molecule has 3 heterocycles. The zero-order valence-corrected chi connectivity index (χ0v) is 20.0. The summed E-state index contributed by atoms with van der Waals surface area (Å²) in [5.74, 6) is 0.386. The number of benzene rings is 2. The first-order valence-electron chi connectivity index (χ1n) is 12.6. The maximum Gasteiger partial charge on any atom is 0.293 e. The Balaban J connectivity index is 1.23. The van der Waals surface area contributed by atoms with Gasteiger partial charge in [0.25, 0.3) is 5.56 Å². The van der Waals surface area contributed by atoms with Crippen molar-refractivity contribution in [3.63, 3.8) is 0 Å². The highest BCUT2D eigenvalue weighted by Gasteiger charge is 2.31. The van der Waals surface area contributed by atoms with Gasteiger partial charge in [-0.3, -0.25) is 9.59 Å². The van der Waals surface area contributed by atoms with Crippen LogP contribution in [0.15, 0.2) is 65.6 Å². The van der Waals surface area contributed by atoms with Gasteiger partial charge in [0.2, 0.25) is 5.91 Å². The van der Waals surface area contributed by atoms with Crippen molar-refractivity contribution in [1.29, 1.82) is 0 Å². The Morgan fingerprint density at radius 2 is 1.69 bits per heavy atom. The lowest BCUT2D eigenvalue weighted by Crippen LogP contribution is -2.42. The third kappa shape index (κ3) is 4.43. The molecule has 7 nitrogen and oxygen atoms in total. The van der Waals surface area contributed by atoms with Crippen LogP contribution in [-0.2, 0) is 17.8 Å². The first kappa shape index (κ1) is 22.6. The van der Waals surface area contributed by atoms with Crippen LogP contribution in [0.3, 0.4) is 0 Å². The molecule has 0 radical (unpaired) electrons. The van der Waals surface area contributed by atoms with E-state index in [2.05, 4.69) is 34.5 Å². The van der Waals surface area contributed by atoms with Crippen LogP contribution in [0.1, 0.15) is 42.9 Å². The summed E-state index contributed by atoms with van der Waals surface area (Å²) in [7, 11) is 0. The van der Waals surface area contributed by atoms with Crippen molar-refractivity contribution in [3.05, 3.63) is 88.2 Å². The largest absolute Gasteiger partial charge is 0.341 e. The van der Waals surface area contributed by atoms with Crippen molar-refractivity contribution in [3.8, 4) is 5.69 Å². The monoisotopic (exact) mass is 485 g/mol. The molecule has 1 saturated heterocycles. The maximum absolute atomic E-state index is 13.5. The van der Waals surface area contributed by atoms with E-state index in [1.54, 1.807) is 18.3 Å². The highest BCUT2D eigenvalue weighted by atomic mass is 19.1. The summed E-state index contributed by atoms with van der Waals surface area (Å²) >= 11 is 0. The summed E-state index contributed by atoms with van der Waals surface area (Å²) in [6.45, 7) is 1.29. The molecule has 1 aliphatic heterocycles. The number of likely N-dealkylation sites (tertiary alicyclic amines) is 1. The molecule has 0 spiro atoms. The average Bonchev–Trinajstić information content (AvgIpc) is 3.65. The number of carbonyl (C=O) groups excluding carboxylic acids is 1. The number of amides is 1. The normalized spacial score (nSPS) is 16.5. The molecular weight excluding hydrogens is 457 g/mol. The topological polar surface area (TPSA) is 73.0 Å². The highest BCUT2D eigenvalue weighted by Crippen LogP contribution is 2.41. The van der Waals surface area contributed by atoms with Crippen LogP contribution in [0, 0.1) is 11.7 Å². The van der Waals surface area contributed by atoms with Gasteiger partial charge in [-0.15, -0.1) is 0 Å². The Morgan fingerprint density at radius 3 is 2.39 bits per heavy atom. The molecule has 8 heteroatoms. The minimum absolute atomic E-state index is 0.0864. The fourth-order valence-electron chi connectivity index (χ4n) is 5.20. The summed E-state index contributed by atoms with van der Waals surface area (Å²) in [6, 6.07) is 16.3. The van der Waals surface area contributed by atoms with Crippen LogP contribution in [-0.4, -0.2) is 43.5 Å². The highest BCUT2D eigenvalue weighted by molar-refractivity contribution is 5.83. The molecule has 0 unspecified atom stereocenters. The molecule has 0 atom stereocenters. The van der Waals surface area contributed by atoms with Crippen molar-refractivity contribution in [2.45, 2.75) is 44.6 Å². The molecule has 184 valence electrons. The van der Waals surface area contributed by atoms with Gasteiger partial charge >= 0.3 is 0 Å². The van der Waals surface area contributed by atoms with Crippen LogP contribution in [0.2, 0.25) is 0 Å². The molecule has 2 aromatic heterocycles. The molecule has 1 saturated carbocycles. The molecule has 1 aliphatic carbocycles. The Hall–Kier alpha value is -3.81. The van der Waals surface area contributed by atoms with Gasteiger partial charge in [0.05, 0.1) is 17.6 Å². The van der Waals surface area contributed by atoms with E-state index in [-0.39, 0.29) is 29.7 Å². The van der Waals surface area contributed by atoms with Gasteiger partial charge in [-0.05, 0) is 67.9 Å². The Kier molecular flexibility index (Phi) is 5.87. The van der Waals surface area contributed by atoms with E-state index in [9.17, 15) is 14.0 Å². The first-order chi connectivity index (χ1) is 17.6. The lowest BCUT2D eigenvalue weighted by atomic mass is 9.90. The molecule has 2 fully saturated rings. The van der Waals surface area contributed by atoms with Crippen molar-refractivity contribution < 1.29 is 9.18 Å². The minimum atomic E-state index is -0.358. The zero-order valence-electron chi connectivity index (χ0n) is 20.0. The number of fused-ring (bicyclic) bond motifs is 1. The van der Waals surface area contributed by atoms with Crippen LogP contribution >= 0.6 is 0 Å². The average molecular weight is 486 g/mol. The van der Waals surface area contributed by atoms with E-state index >= 15 is 0 Å². The predicted molar refractivity (Wildman–Crippen MR) is 135 cm³/mol. The zero-order chi connectivity index (χ0) is 24.6. The summed E-state index contributed by atoms with van der Waals surface area (Å²) in [5, 5.41) is 9.76. The summed E-state index contributed by atoms with van der Waals surface area (Å²) in [4.78, 5) is 28.6. The van der Waals surface area contributed by atoms with E-state index < -0.39 is 0 Å². The summed E-state index contributed by atoms with van der Waals surface area (Å²) < 4.78 is 16.3. The number of piperidine rings is 1. The molecule has 6 rings (SSSR count). The number of halogens is 1. The maximum atomic E-state index is 13.5. The van der Waals surface area contributed by atoms with Gasteiger partial charge in [0.1, 0.15) is 17.9 Å². The van der Waals surface area contributed by atoms with Gasteiger partial charge in [-0.2, -0.15) is 10.2 Å². The van der Waals surface area contributed by atoms with Crippen LogP contribution in [0.4, 0.5) is 4.39 Å². The Labute approximate surface area is 208 Å². The van der Waals surface area contributed by atoms with Crippen molar-refractivity contribution in [2.75, 3.05) is 13.1 Å². The molecule has 0 bridgehead atoms. The van der Waals surface area contributed by atoms with Crippen molar-refractivity contribution in [1.82, 2.24) is 24.5 Å². The minimum Gasteiger partial charge on any atom is -0.341 e. The fraction of sp³-hybridized carbons (Fsp3) is 0.357. The molecular formula is C28H28FN5O2. The third-order valence-corrected chi connectivity index (χ3v) is 7.37. The number of aromatic nitrogens is 4. The standard InChI is InChI=1S/C28H28FN5O2/c29-22-8-10-23(11-9-22)34-27-24(17-30-34)26(21-6-7-21)31-33(28(27)36)18-25(35)32-14-12-20(13-15-32)16-19-4-2-1-3-5-19/h1-5,8-11,17,20-21H,6-7,12-16,18H2. The second-order valence-corrected chi connectivity index (χ2v) is 9.93. The van der Waals surface area contributed by atoms with Crippen LogP contribution in [0.5, 0.6) is 0 Å². The summed E-state index contributed by atoms with van der Waals surface area (Å²) in [5.41, 5.74) is 2.76. The second-order valence-electron chi connectivity index (χ2n) is 9.93. The van der Waals surface area contributed by atoms with Gasteiger partial charge in [0.15, 0.2) is 0 Å². The van der Waals surface area contributed by atoms with E-state index in [4.69, 9.17) is 0 Å². The Morgan fingerprint density at radius 1 is 0.972 bits per heavy atom. The number of carbonyl (C=O) groups is 1. The van der Waals surface area contributed by atoms with Crippen molar-refractivity contribution in [2.24, 2.45) is 5.92 Å². The first-order valence-corrected chi connectivity index (χ1v) is 12.6. The quantitative estimate of drug-likeness (QED) is 0.413. The predicted octanol–water partition coefficient (Wildman–Crippen LogP) is 4.08.